The van der Waals surface area contributed by atoms with Gasteiger partial charge in [0.15, 0.2) is 0 Å². The highest BCUT2D eigenvalue weighted by molar-refractivity contribution is 7.99. The van der Waals surface area contributed by atoms with Gasteiger partial charge >= 0.3 is 0 Å². The Labute approximate surface area is 133 Å². The molecule has 0 aliphatic heterocycles. The van der Waals surface area contributed by atoms with Crippen LogP contribution in [0.3, 0.4) is 0 Å². The SMILES string of the molecule is CCCCCCCCSCCCC(N)c1ccc(F)cc1. The molecule has 2 N–H and O–H groups in total. The zero-order valence-corrected chi connectivity index (χ0v) is 14.1. The van der Waals surface area contributed by atoms with E-state index in [-0.39, 0.29) is 11.9 Å². The molecule has 0 amide bonds. The topological polar surface area (TPSA) is 26.0 Å². The second-order valence-corrected chi connectivity index (χ2v) is 6.91. The lowest BCUT2D eigenvalue weighted by Crippen LogP contribution is -2.10. The predicted molar refractivity (Wildman–Crippen MR) is 93.3 cm³/mol. The van der Waals surface area contributed by atoms with Crippen LogP contribution in [0.2, 0.25) is 0 Å². The van der Waals surface area contributed by atoms with Crippen LogP contribution in [0.4, 0.5) is 4.39 Å². The fourth-order valence-corrected chi connectivity index (χ4v) is 3.35. The van der Waals surface area contributed by atoms with Gasteiger partial charge in [0.25, 0.3) is 0 Å². The molecule has 1 unspecified atom stereocenters. The first kappa shape index (κ1) is 18.5. The molecule has 3 heteroatoms. The second-order valence-electron chi connectivity index (χ2n) is 5.68. The minimum absolute atomic E-state index is 0.0419. The number of rotatable bonds is 12. The third-order valence-corrected chi connectivity index (χ3v) is 4.90. The van der Waals surface area contributed by atoms with Crippen LogP contribution in [0.15, 0.2) is 24.3 Å². The Bertz CT molecular complexity index is 353. The van der Waals surface area contributed by atoms with Crippen LogP contribution >= 0.6 is 11.8 Å². The van der Waals surface area contributed by atoms with Crippen molar-refractivity contribution in [3.05, 3.63) is 35.6 Å². The summed E-state index contributed by atoms with van der Waals surface area (Å²) < 4.78 is 12.8. The molecule has 21 heavy (non-hydrogen) atoms. The Morgan fingerprint density at radius 3 is 2.29 bits per heavy atom. The summed E-state index contributed by atoms with van der Waals surface area (Å²) >= 11 is 2.04. The quantitative estimate of drug-likeness (QED) is 0.501. The molecule has 0 fully saturated rings. The van der Waals surface area contributed by atoms with Gasteiger partial charge in [0.1, 0.15) is 5.82 Å². The zero-order chi connectivity index (χ0) is 15.3. The monoisotopic (exact) mass is 311 g/mol. The standard InChI is InChI=1S/C18H30FNS/c1-2-3-4-5-6-7-14-21-15-8-9-18(20)16-10-12-17(19)13-11-16/h10-13,18H,2-9,14-15,20H2,1H3. The number of hydrogen-bond donors (Lipinski definition) is 1. The number of halogens is 1. The first-order valence-corrected chi connectivity index (χ1v) is 9.48. The van der Waals surface area contributed by atoms with Crippen LogP contribution in [-0.2, 0) is 0 Å². The number of nitrogens with two attached hydrogens (primary N) is 1. The molecule has 0 heterocycles. The van der Waals surface area contributed by atoms with Crippen LogP contribution in [-0.4, -0.2) is 11.5 Å². The maximum atomic E-state index is 12.8. The lowest BCUT2D eigenvalue weighted by molar-refractivity contribution is 0.616. The van der Waals surface area contributed by atoms with Crippen molar-refractivity contribution in [1.82, 2.24) is 0 Å². The fourth-order valence-electron chi connectivity index (χ4n) is 2.37. The summed E-state index contributed by atoms with van der Waals surface area (Å²) in [6.45, 7) is 2.26. The molecule has 120 valence electrons. The van der Waals surface area contributed by atoms with Gasteiger partial charge in [-0.2, -0.15) is 11.8 Å². The number of benzene rings is 1. The average Bonchev–Trinajstić information content (AvgIpc) is 2.49. The van der Waals surface area contributed by atoms with E-state index in [0.29, 0.717) is 0 Å². The van der Waals surface area contributed by atoms with Gasteiger partial charge in [0.2, 0.25) is 0 Å². The lowest BCUT2D eigenvalue weighted by Gasteiger charge is -2.11. The Morgan fingerprint density at radius 2 is 1.57 bits per heavy atom. The second kappa shape index (κ2) is 12.0. The van der Waals surface area contributed by atoms with Crippen molar-refractivity contribution in [2.45, 2.75) is 64.3 Å². The molecule has 1 nitrogen and oxygen atoms in total. The highest BCUT2D eigenvalue weighted by Gasteiger charge is 2.05. The number of hydrogen-bond acceptors (Lipinski definition) is 2. The summed E-state index contributed by atoms with van der Waals surface area (Å²) in [4.78, 5) is 0. The highest BCUT2D eigenvalue weighted by Crippen LogP contribution is 2.18. The molecule has 0 bridgehead atoms. The predicted octanol–water partition coefficient (Wildman–Crippen LogP) is 5.70. The van der Waals surface area contributed by atoms with E-state index in [4.69, 9.17) is 5.73 Å². The van der Waals surface area contributed by atoms with Gasteiger partial charge in [-0.1, -0.05) is 51.2 Å². The summed E-state index contributed by atoms with van der Waals surface area (Å²) in [5, 5.41) is 0. The van der Waals surface area contributed by atoms with Crippen molar-refractivity contribution in [2.24, 2.45) is 5.73 Å². The van der Waals surface area contributed by atoms with Gasteiger partial charge in [0, 0.05) is 6.04 Å². The van der Waals surface area contributed by atoms with E-state index < -0.39 is 0 Å². The molecule has 0 spiro atoms. The first-order valence-electron chi connectivity index (χ1n) is 8.33. The average molecular weight is 312 g/mol. The molecule has 0 radical (unpaired) electrons. The lowest BCUT2D eigenvalue weighted by atomic mass is 10.0. The maximum Gasteiger partial charge on any atom is 0.123 e. The van der Waals surface area contributed by atoms with E-state index in [2.05, 4.69) is 6.92 Å². The van der Waals surface area contributed by atoms with Crippen molar-refractivity contribution in [3.63, 3.8) is 0 Å². The molecule has 0 saturated heterocycles. The van der Waals surface area contributed by atoms with E-state index in [1.54, 1.807) is 12.1 Å². The minimum Gasteiger partial charge on any atom is -0.324 e. The third-order valence-electron chi connectivity index (χ3n) is 3.74. The molecule has 0 aliphatic rings. The van der Waals surface area contributed by atoms with Crippen LogP contribution in [0.5, 0.6) is 0 Å². The smallest absolute Gasteiger partial charge is 0.123 e. The summed E-state index contributed by atoms with van der Waals surface area (Å²) in [6.07, 6.45) is 10.3. The van der Waals surface area contributed by atoms with Gasteiger partial charge in [-0.15, -0.1) is 0 Å². The Balaban J connectivity index is 1.95. The molecule has 1 aromatic rings. The summed E-state index contributed by atoms with van der Waals surface area (Å²) in [5.74, 6) is 2.27. The Hall–Kier alpha value is -0.540. The Morgan fingerprint density at radius 1 is 0.952 bits per heavy atom. The molecule has 0 aliphatic carbocycles. The molecule has 0 saturated carbocycles. The van der Waals surface area contributed by atoms with Gasteiger partial charge in [0.05, 0.1) is 0 Å². The number of thioether (sulfide) groups is 1. The van der Waals surface area contributed by atoms with Gasteiger partial charge < -0.3 is 5.73 Å². The van der Waals surface area contributed by atoms with E-state index in [9.17, 15) is 4.39 Å². The fraction of sp³-hybridized carbons (Fsp3) is 0.667. The maximum absolute atomic E-state index is 12.8. The normalized spacial score (nSPS) is 12.5. The van der Waals surface area contributed by atoms with Crippen molar-refractivity contribution in [1.29, 1.82) is 0 Å². The van der Waals surface area contributed by atoms with E-state index in [1.807, 2.05) is 11.8 Å². The zero-order valence-electron chi connectivity index (χ0n) is 13.3. The molecule has 0 aromatic heterocycles. The van der Waals surface area contributed by atoms with Crippen LogP contribution in [0, 0.1) is 5.82 Å². The molecule has 1 rings (SSSR count). The summed E-state index contributed by atoms with van der Waals surface area (Å²) in [7, 11) is 0. The highest BCUT2D eigenvalue weighted by atomic mass is 32.2. The minimum atomic E-state index is -0.194. The summed E-state index contributed by atoms with van der Waals surface area (Å²) in [6, 6.07) is 6.61. The van der Waals surface area contributed by atoms with Crippen molar-refractivity contribution in [2.75, 3.05) is 11.5 Å². The van der Waals surface area contributed by atoms with Crippen molar-refractivity contribution >= 4 is 11.8 Å². The largest absolute Gasteiger partial charge is 0.324 e. The number of unbranched alkanes of at least 4 members (excludes halogenated alkanes) is 5. The van der Waals surface area contributed by atoms with E-state index in [1.165, 1.54) is 62.2 Å². The van der Waals surface area contributed by atoms with Crippen molar-refractivity contribution in [3.8, 4) is 0 Å². The molecular formula is C18H30FNS. The third kappa shape index (κ3) is 9.15. The van der Waals surface area contributed by atoms with Crippen LogP contribution in [0.1, 0.15) is 69.9 Å². The van der Waals surface area contributed by atoms with E-state index in [0.717, 1.165) is 18.4 Å². The molecule has 1 atom stereocenters. The first-order chi connectivity index (χ1) is 10.2. The Kier molecular flexibility index (Phi) is 10.6. The molecule has 1 aromatic carbocycles. The van der Waals surface area contributed by atoms with Gasteiger partial charge in [-0.3, -0.25) is 0 Å². The van der Waals surface area contributed by atoms with Crippen molar-refractivity contribution < 1.29 is 4.39 Å². The van der Waals surface area contributed by atoms with E-state index >= 15 is 0 Å². The van der Waals surface area contributed by atoms with Crippen LogP contribution < -0.4 is 5.73 Å². The molecular weight excluding hydrogens is 281 g/mol. The van der Waals surface area contributed by atoms with Gasteiger partial charge in [-0.25, -0.2) is 4.39 Å². The van der Waals surface area contributed by atoms with Crippen LogP contribution in [0.25, 0.3) is 0 Å². The van der Waals surface area contributed by atoms with Gasteiger partial charge in [-0.05, 0) is 48.5 Å². The summed E-state index contributed by atoms with van der Waals surface area (Å²) in [5.41, 5.74) is 7.16.